The first-order valence-electron chi connectivity index (χ1n) is 6.36. The van der Waals surface area contributed by atoms with Gasteiger partial charge in [0.2, 0.25) is 0 Å². The number of rotatable bonds is 2. The van der Waals surface area contributed by atoms with Gasteiger partial charge in [-0.2, -0.15) is 0 Å². The van der Waals surface area contributed by atoms with Crippen LogP contribution in [-0.4, -0.2) is 28.9 Å². The molecule has 0 aliphatic carbocycles. The zero-order valence-electron chi connectivity index (χ0n) is 10.8. The summed E-state index contributed by atoms with van der Waals surface area (Å²) >= 11 is 6.05. The number of halogens is 1. The van der Waals surface area contributed by atoms with Gasteiger partial charge in [-0.15, -0.1) is 0 Å². The van der Waals surface area contributed by atoms with Gasteiger partial charge in [-0.05, 0) is 18.2 Å². The number of pyridine rings is 1. The number of aromatic nitrogens is 1. The lowest BCUT2D eigenvalue weighted by molar-refractivity contribution is 0.0743. The second kappa shape index (κ2) is 5.51. The molecule has 1 aromatic heterocycles. The number of benzene rings is 1. The second-order valence-electron chi connectivity index (χ2n) is 4.52. The molecule has 5 heteroatoms. The lowest BCUT2D eigenvalue weighted by atomic mass is 10.1. The molecule has 1 amide bonds. The topological polar surface area (TPSA) is 42.4 Å². The summed E-state index contributed by atoms with van der Waals surface area (Å²) in [7, 11) is 0. The maximum Gasteiger partial charge on any atom is 0.258 e. The fourth-order valence-electron chi connectivity index (χ4n) is 2.20. The van der Waals surface area contributed by atoms with Crippen molar-refractivity contribution in [1.82, 2.24) is 9.88 Å². The van der Waals surface area contributed by atoms with E-state index in [1.165, 1.54) is 0 Å². The molecule has 4 nitrogen and oxygen atoms in total. The minimum atomic E-state index is -0.0435. The lowest BCUT2D eigenvalue weighted by Crippen LogP contribution is -2.32. The summed E-state index contributed by atoms with van der Waals surface area (Å²) in [5, 5.41) is 0.429. The lowest BCUT2D eigenvalue weighted by Gasteiger charge is -2.20. The fourth-order valence-corrected chi connectivity index (χ4v) is 2.38. The molecule has 0 saturated carbocycles. The van der Waals surface area contributed by atoms with E-state index in [0.717, 1.165) is 5.56 Å². The molecule has 0 unspecified atom stereocenters. The molecular weight excluding hydrogens is 276 g/mol. The van der Waals surface area contributed by atoms with Crippen LogP contribution in [0, 0.1) is 0 Å². The highest BCUT2D eigenvalue weighted by atomic mass is 35.5. The van der Waals surface area contributed by atoms with E-state index in [0.29, 0.717) is 36.2 Å². The van der Waals surface area contributed by atoms with Crippen molar-refractivity contribution in [1.29, 1.82) is 0 Å². The van der Waals surface area contributed by atoms with Crippen molar-refractivity contribution >= 4 is 17.5 Å². The summed E-state index contributed by atoms with van der Waals surface area (Å²) in [6, 6.07) is 11.0. The SMILES string of the molecule is O=C1c2ccccc2OCCN1Cc1cccnc1Cl. The van der Waals surface area contributed by atoms with Gasteiger partial charge in [0.25, 0.3) is 5.91 Å². The van der Waals surface area contributed by atoms with E-state index in [9.17, 15) is 4.79 Å². The van der Waals surface area contributed by atoms with Crippen molar-refractivity contribution in [3.63, 3.8) is 0 Å². The molecule has 20 heavy (non-hydrogen) atoms. The predicted octanol–water partition coefficient (Wildman–Crippen LogP) is 2.77. The van der Waals surface area contributed by atoms with E-state index < -0.39 is 0 Å². The molecule has 2 aromatic rings. The fraction of sp³-hybridized carbons (Fsp3) is 0.200. The normalized spacial score (nSPS) is 14.4. The summed E-state index contributed by atoms with van der Waals surface area (Å²) in [5.74, 6) is 0.593. The number of carbonyl (C=O) groups is 1. The Morgan fingerprint density at radius 3 is 2.95 bits per heavy atom. The molecule has 1 aliphatic rings. The highest BCUT2D eigenvalue weighted by Gasteiger charge is 2.23. The van der Waals surface area contributed by atoms with Gasteiger partial charge in [-0.3, -0.25) is 4.79 Å². The molecule has 0 N–H and O–H groups in total. The van der Waals surface area contributed by atoms with E-state index in [2.05, 4.69) is 4.98 Å². The molecule has 1 aliphatic heterocycles. The maximum atomic E-state index is 12.5. The first kappa shape index (κ1) is 12.9. The molecule has 0 fully saturated rings. The van der Waals surface area contributed by atoms with Gasteiger partial charge in [0.1, 0.15) is 17.5 Å². The van der Waals surface area contributed by atoms with E-state index in [1.807, 2.05) is 30.3 Å². The Hall–Kier alpha value is -2.07. The van der Waals surface area contributed by atoms with Gasteiger partial charge in [-0.1, -0.05) is 29.8 Å². The summed E-state index contributed by atoms with van der Waals surface area (Å²) in [6.45, 7) is 1.43. The molecule has 102 valence electrons. The summed E-state index contributed by atoms with van der Waals surface area (Å²) in [5.41, 5.74) is 1.42. The Morgan fingerprint density at radius 1 is 1.25 bits per heavy atom. The number of para-hydroxylation sites is 1. The number of carbonyl (C=O) groups excluding carboxylic acids is 1. The molecular formula is C15H13ClN2O2. The van der Waals surface area contributed by atoms with Crippen LogP contribution in [0.5, 0.6) is 5.75 Å². The third kappa shape index (κ3) is 2.47. The third-order valence-electron chi connectivity index (χ3n) is 3.22. The van der Waals surface area contributed by atoms with E-state index in [4.69, 9.17) is 16.3 Å². The summed E-state index contributed by atoms with van der Waals surface area (Å²) in [6.07, 6.45) is 1.63. The van der Waals surface area contributed by atoms with Crippen molar-refractivity contribution in [2.75, 3.05) is 13.2 Å². The molecule has 0 saturated heterocycles. The standard InChI is InChI=1S/C15H13ClN2O2/c16-14-11(4-3-7-17-14)10-18-8-9-20-13-6-2-1-5-12(13)15(18)19/h1-7H,8-10H2. The zero-order chi connectivity index (χ0) is 13.9. The van der Waals surface area contributed by atoms with Crippen molar-refractivity contribution < 1.29 is 9.53 Å². The van der Waals surface area contributed by atoms with E-state index >= 15 is 0 Å². The third-order valence-corrected chi connectivity index (χ3v) is 3.56. The van der Waals surface area contributed by atoms with Crippen molar-refractivity contribution in [3.8, 4) is 5.75 Å². The molecule has 2 heterocycles. The largest absolute Gasteiger partial charge is 0.491 e. The van der Waals surface area contributed by atoms with Gasteiger partial charge < -0.3 is 9.64 Å². The first-order chi connectivity index (χ1) is 9.75. The minimum Gasteiger partial charge on any atom is -0.491 e. The van der Waals surface area contributed by atoms with Gasteiger partial charge in [-0.25, -0.2) is 4.98 Å². The number of nitrogens with zero attached hydrogens (tertiary/aromatic N) is 2. The highest BCUT2D eigenvalue weighted by molar-refractivity contribution is 6.30. The average Bonchev–Trinajstić information content (AvgIpc) is 2.62. The van der Waals surface area contributed by atoms with E-state index in [-0.39, 0.29) is 5.91 Å². The van der Waals surface area contributed by atoms with Crippen LogP contribution in [0.2, 0.25) is 5.15 Å². The summed E-state index contributed by atoms with van der Waals surface area (Å²) in [4.78, 5) is 18.3. The van der Waals surface area contributed by atoms with Crippen LogP contribution >= 0.6 is 11.6 Å². The van der Waals surface area contributed by atoms with Crippen LogP contribution in [0.3, 0.4) is 0 Å². The maximum absolute atomic E-state index is 12.5. The van der Waals surface area contributed by atoms with Crippen molar-refractivity contribution in [2.45, 2.75) is 6.54 Å². The quantitative estimate of drug-likeness (QED) is 0.798. The van der Waals surface area contributed by atoms with Crippen LogP contribution in [0.4, 0.5) is 0 Å². The Morgan fingerprint density at radius 2 is 2.10 bits per heavy atom. The summed E-state index contributed by atoms with van der Waals surface area (Å²) < 4.78 is 5.61. The predicted molar refractivity (Wildman–Crippen MR) is 75.9 cm³/mol. The van der Waals surface area contributed by atoms with Crippen molar-refractivity contribution in [3.05, 3.63) is 58.9 Å². The smallest absolute Gasteiger partial charge is 0.258 e. The molecule has 0 atom stereocenters. The Bertz CT molecular complexity index is 645. The monoisotopic (exact) mass is 288 g/mol. The van der Waals surface area contributed by atoms with Crippen LogP contribution in [-0.2, 0) is 6.54 Å². The van der Waals surface area contributed by atoms with Crippen LogP contribution in [0.1, 0.15) is 15.9 Å². The van der Waals surface area contributed by atoms with Crippen molar-refractivity contribution in [2.24, 2.45) is 0 Å². The van der Waals surface area contributed by atoms with Gasteiger partial charge >= 0.3 is 0 Å². The molecule has 3 rings (SSSR count). The zero-order valence-corrected chi connectivity index (χ0v) is 11.5. The Labute approximate surface area is 122 Å². The molecule has 0 radical (unpaired) electrons. The number of amides is 1. The van der Waals surface area contributed by atoms with Gasteiger partial charge in [0.15, 0.2) is 0 Å². The Balaban J connectivity index is 1.88. The first-order valence-corrected chi connectivity index (χ1v) is 6.74. The second-order valence-corrected chi connectivity index (χ2v) is 4.88. The van der Waals surface area contributed by atoms with Gasteiger partial charge in [0, 0.05) is 18.3 Å². The number of ether oxygens (including phenoxy) is 1. The Kier molecular flexibility index (Phi) is 3.56. The average molecular weight is 289 g/mol. The van der Waals surface area contributed by atoms with Gasteiger partial charge in [0.05, 0.1) is 12.1 Å². The van der Waals surface area contributed by atoms with Crippen LogP contribution < -0.4 is 4.74 Å². The number of hydrogen-bond acceptors (Lipinski definition) is 3. The molecule has 0 spiro atoms. The number of fused-ring (bicyclic) bond motifs is 1. The molecule has 0 bridgehead atoms. The number of hydrogen-bond donors (Lipinski definition) is 0. The highest BCUT2D eigenvalue weighted by Crippen LogP contribution is 2.24. The van der Waals surface area contributed by atoms with Crippen LogP contribution in [0.25, 0.3) is 0 Å². The van der Waals surface area contributed by atoms with E-state index in [1.54, 1.807) is 17.2 Å². The van der Waals surface area contributed by atoms with Crippen LogP contribution in [0.15, 0.2) is 42.6 Å². The molecule has 1 aromatic carbocycles. The minimum absolute atomic E-state index is 0.0435.